The molecule has 0 bridgehead atoms. The predicted octanol–water partition coefficient (Wildman–Crippen LogP) is 1.54. The molecule has 10 heteroatoms. The van der Waals surface area contributed by atoms with Gasteiger partial charge >= 0.3 is 10.2 Å². The van der Waals surface area contributed by atoms with Gasteiger partial charge in [-0.05, 0) is 35.2 Å². The van der Waals surface area contributed by atoms with Crippen LogP contribution in [0.4, 0.5) is 5.69 Å². The lowest BCUT2D eigenvalue weighted by molar-refractivity contribution is 0.392. The van der Waals surface area contributed by atoms with E-state index in [9.17, 15) is 27.0 Å². The Bertz CT molecular complexity index is 1120. The van der Waals surface area contributed by atoms with Crippen LogP contribution >= 0.6 is 0 Å². The first-order valence-electron chi connectivity index (χ1n) is 7.84. The molecule has 0 fully saturated rings. The van der Waals surface area contributed by atoms with Gasteiger partial charge in [-0.15, -0.1) is 0 Å². The highest BCUT2D eigenvalue weighted by atomic mass is 32.2. The number of hydrogen-bond donors (Lipinski definition) is 3. The molecule has 0 atom stereocenters. The van der Waals surface area contributed by atoms with Gasteiger partial charge in [-0.1, -0.05) is 30.3 Å². The van der Waals surface area contributed by atoms with Crippen molar-refractivity contribution in [3.8, 4) is 5.75 Å². The molecular formula is C17H18N2O6S2. The summed E-state index contributed by atoms with van der Waals surface area (Å²) in [6, 6.07) is 11.6. The topological polar surface area (TPSA) is 124 Å². The second-order valence-corrected chi connectivity index (χ2v) is 9.94. The first-order valence-corrected chi connectivity index (χ1v) is 11.3. The summed E-state index contributed by atoms with van der Waals surface area (Å²) in [5.41, 5.74) is 2.13. The molecule has 0 spiro atoms. The smallest absolute Gasteiger partial charge is 0.330 e. The van der Waals surface area contributed by atoms with E-state index < -0.39 is 25.9 Å². The summed E-state index contributed by atoms with van der Waals surface area (Å²) >= 11 is 0. The van der Waals surface area contributed by atoms with Gasteiger partial charge in [0.25, 0.3) is 0 Å². The second kappa shape index (κ2) is 6.78. The number of aromatic hydroxyl groups is 1. The van der Waals surface area contributed by atoms with Crippen molar-refractivity contribution in [3.63, 3.8) is 0 Å². The summed E-state index contributed by atoms with van der Waals surface area (Å²) < 4.78 is 49.7. The SMILES string of the molecule is CS(=O)(=O)Cc1ccccc1Cc1ccc(N2C=C(O)NS2(=O)=O)c(O)c1. The van der Waals surface area contributed by atoms with E-state index in [0.29, 0.717) is 17.5 Å². The van der Waals surface area contributed by atoms with Gasteiger partial charge in [0.1, 0.15) is 11.4 Å². The van der Waals surface area contributed by atoms with E-state index in [1.807, 2.05) is 4.72 Å². The molecule has 1 heterocycles. The number of aliphatic hydroxyl groups is 1. The lowest BCUT2D eigenvalue weighted by atomic mass is 10.00. The maximum atomic E-state index is 11.9. The standard InChI is InChI=1S/C17H18N2O6S2/c1-26(22,23)11-14-5-3-2-4-13(14)8-12-6-7-15(16(20)9-12)19-10-17(21)18-27(19,24)25/h2-7,9-10,18,20-21H,8,11H2,1H3. The van der Waals surface area contributed by atoms with Gasteiger partial charge < -0.3 is 10.2 Å². The van der Waals surface area contributed by atoms with Gasteiger partial charge in [-0.2, -0.15) is 8.42 Å². The summed E-state index contributed by atoms with van der Waals surface area (Å²) in [4.78, 5) is 0. The predicted molar refractivity (Wildman–Crippen MR) is 101 cm³/mol. The van der Waals surface area contributed by atoms with E-state index in [1.165, 1.54) is 12.1 Å². The van der Waals surface area contributed by atoms with Crippen molar-refractivity contribution in [2.24, 2.45) is 0 Å². The highest BCUT2D eigenvalue weighted by Gasteiger charge is 2.30. The number of rotatable bonds is 5. The Morgan fingerprint density at radius 3 is 2.30 bits per heavy atom. The largest absolute Gasteiger partial charge is 0.506 e. The molecule has 0 saturated heterocycles. The van der Waals surface area contributed by atoms with E-state index in [-0.39, 0.29) is 17.2 Å². The zero-order valence-electron chi connectivity index (χ0n) is 14.3. The summed E-state index contributed by atoms with van der Waals surface area (Å²) in [6.07, 6.45) is 2.48. The van der Waals surface area contributed by atoms with Gasteiger partial charge in [-0.3, -0.25) is 0 Å². The van der Waals surface area contributed by atoms with Gasteiger partial charge in [-0.25, -0.2) is 17.4 Å². The van der Waals surface area contributed by atoms with Crippen molar-refractivity contribution in [2.45, 2.75) is 12.2 Å². The molecule has 2 aromatic rings. The van der Waals surface area contributed by atoms with Crippen LogP contribution in [0, 0.1) is 0 Å². The molecular weight excluding hydrogens is 392 g/mol. The Labute approximate surface area is 157 Å². The summed E-state index contributed by atoms with van der Waals surface area (Å²) in [5, 5.41) is 19.6. The number of sulfone groups is 1. The zero-order valence-corrected chi connectivity index (χ0v) is 16.0. The van der Waals surface area contributed by atoms with Crippen molar-refractivity contribution in [1.82, 2.24) is 4.72 Å². The fourth-order valence-corrected chi connectivity index (χ4v) is 4.74. The molecule has 1 aliphatic heterocycles. The third-order valence-electron chi connectivity index (χ3n) is 3.94. The molecule has 0 unspecified atom stereocenters. The monoisotopic (exact) mass is 410 g/mol. The normalized spacial score (nSPS) is 16.0. The third kappa shape index (κ3) is 4.34. The Morgan fingerprint density at radius 1 is 1.07 bits per heavy atom. The van der Waals surface area contributed by atoms with Gasteiger partial charge in [0.2, 0.25) is 5.88 Å². The lowest BCUT2D eigenvalue weighted by Gasteiger charge is -2.16. The maximum absolute atomic E-state index is 11.9. The number of nitrogens with one attached hydrogen (secondary N) is 1. The van der Waals surface area contributed by atoms with Crippen LogP contribution in [0.2, 0.25) is 0 Å². The third-order valence-corrected chi connectivity index (χ3v) is 6.06. The van der Waals surface area contributed by atoms with Crippen molar-refractivity contribution in [2.75, 3.05) is 10.6 Å². The van der Waals surface area contributed by atoms with E-state index in [2.05, 4.69) is 0 Å². The van der Waals surface area contributed by atoms with E-state index >= 15 is 0 Å². The van der Waals surface area contributed by atoms with Gasteiger partial charge in [0, 0.05) is 6.26 Å². The van der Waals surface area contributed by atoms with Crippen molar-refractivity contribution in [3.05, 3.63) is 71.2 Å². The molecule has 3 rings (SSSR count). The molecule has 0 radical (unpaired) electrons. The Hall–Kier alpha value is -2.72. The molecule has 1 aliphatic rings. The Balaban J connectivity index is 1.90. The molecule has 3 N–H and O–H groups in total. The first-order chi connectivity index (χ1) is 12.5. The number of nitrogens with zero attached hydrogens (tertiary/aromatic N) is 1. The lowest BCUT2D eigenvalue weighted by Crippen LogP contribution is -2.29. The molecule has 2 aromatic carbocycles. The number of phenolic OH excluding ortho intramolecular Hbond substituents is 1. The number of aliphatic hydroxyl groups excluding tert-OH is 1. The van der Waals surface area contributed by atoms with E-state index in [0.717, 1.165) is 22.3 Å². The highest BCUT2D eigenvalue weighted by molar-refractivity contribution is 7.91. The van der Waals surface area contributed by atoms with Crippen LogP contribution < -0.4 is 9.03 Å². The summed E-state index contributed by atoms with van der Waals surface area (Å²) in [7, 11) is -7.19. The van der Waals surface area contributed by atoms with Crippen molar-refractivity contribution in [1.29, 1.82) is 0 Å². The first kappa shape index (κ1) is 19.1. The second-order valence-electron chi connectivity index (χ2n) is 6.26. The maximum Gasteiger partial charge on any atom is 0.330 e. The van der Waals surface area contributed by atoms with E-state index in [4.69, 9.17) is 0 Å². The molecule has 27 heavy (non-hydrogen) atoms. The fourth-order valence-electron chi connectivity index (χ4n) is 2.83. The Morgan fingerprint density at radius 2 is 1.74 bits per heavy atom. The molecule has 0 aromatic heterocycles. The minimum Gasteiger partial charge on any atom is -0.506 e. The van der Waals surface area contributed by atoms with Crippen molar-refractivity contribution < 1.29 is 27.0 Å². The number of hydrogen-bond acceptors (Lipinski definition) is 6. The molecule has 8 nitrogen and oxygen atoms in total. The Kier molecular flexibility index (Phi) is 4.79. The molecule has 0 aliphatic carbocycles. The van der Waals surface area contributed by atoms with Crippen LogP contribution in [0.3, 0.4) is 0 Å². The summed E-state index contributed by atoms with van der Waals surface area (Å²) in [6.45, 7) is 0. The van der Waals surface area contributed by atoms with Gasteiger partial charge in [0.05, 0.1) is 12.0 Å². The quantitative estimate of drug-likeness (QED) is 0.687. The molecule has 0 saturated carbocycles. The number of phenols is 1. The number of anilines is 1. The van der Waals surface area contributed by atoms with Crippen LogP contribution in [-0.2, 0) is 32.2 Å². The van der Waals surface area contributed by atoms with Crippen LogP contribution in [0.1, 0.15) is 16.7 Å². The molecule has 0 amide bonds. The van der Waals surface area contributed by atoms with E-state index in [1.54, 1.807) is 30.3 Å². The fraction of sp³-hybridized carbons (Fsp3) is 0.176. The number of benzene rings is 2. The van der Waals surface area contributed by atoms with Crippen LogP contribution in [0.25, 0.3) is 0 Å². The minimum atomic E-state index is -4.00. The van der Waals surface area contributed by atoms with Gasteiger partial charge in [0.15, 0.2) is 9.84 Å². The summed E-state index contributed by atoms with van der Waals surface area (Å²) in [5.74, 6) is -0.924. The minimum absolute atomic E-state index is 0.0141. The zero-order chi connectivity index (χ0) is 19.8. The van der Waals surface area contributed by atoms with Crippen LogP contribution in [-0.4, -0.2) is 33.3 Å². The van der Waals surface area contributed by atoms with Crippen molar-refractivity contribution >= 4 is 25.7 Å². The average Bonchev–Trinajstić information content (AvgIpc) is 2.80. The average molecular weight is 410 g/mol. The van der Waals surface area contributed by atoms with Crippen LogP contribution in [0.5, 0.6) is 5.75 Å². The molecule has 144 valence electrons. The van der Waals surface area contributed by atoms with Crippen LogP contribution in [0.15, 0.2) is 54.5 Å². The highest BCUT2D eigenvalue weighted by Crippen LogP contribution is 2.33.